The predicted octanol–water partition coefficient (Wildman–Crippen LogP) is 6.29. The molecule has 0 atom stereocenters. The van der Waals surface area contributed by atoms with Crippen LogP contribution in [0.5, 0.6) is 5.75 Å². The summed E-state index contributed by atoms with van der Waals surface area (Å²) < 4.78 is 8.05. The van der Waals surface area contributed by atoms with Gasteiger partial charge in [0.15, 0.2) is 0 Å². The summed E-state index contributed by atoms with van der Waals surface area (Å²) in [7, 11) is 0. The average molecular weight is 724 g/mol. The van der Waals surface area contributed by atoms with Crippen molar-refractivity contribution >= 4 is 90.8 Å². The van der Waals surface area contributed by atoms with Crippen LogP contribution >= 0.6 is 56.9 Å². The van der Waals surface area contributed by atoms with Crippen molar-refractivity contribution in [2.24, 2.45) is 0 Å². The Morgan fingerprint density at radius 3 is 2.44 bits per heavy atom. The van der Waals surface area contributed by atoms with Crippen molar-refractivity contribution in [3.8, 4) is 5.75 Å². The van der Waals surface area contributed by atoms with Gasteiger partial charge >= 0.3 is 0 Å². The maximum Gasteiger partial charge on any atom is 0.294 e. The number of thioether (sulfide) groups is 1. The first kappa shape index (κ1) is 25.5. The molecule has 6 nitrogen and oxygen atoms in total. The molecular weight excluding hydrogens is 702 g/mol. The first-order valence-electron chi connectivity index (χ1n) is 11.5. The Morgan fingerprint density at radius 1 is 1.00 bits per heavy atom. The molecular formula is C27H22I2N2O4S. The minimum absolute atomic E-state index is 0.173. The molecule has 0 aromatic heterocycles. The molecule has 0 N–H and O–H groups in total. The van der Waals surface area contributed by atoms with Gasteiger partial charge in [0.25, 0.3) is 11.1 Å². The molecule has 0 spiro atoms. The third-order valence-corrected chi connectivity index (χ3v) is 8.71. The fourth-order valence-electron chi connectivity index (χ4n) is 4.36. The highest BCUT2D eigenvalue weighted by Gasteiger charge is 2.37. The highest BCUT2D eigenvalue weighted by molar-refractivity contribution is 14.1. The van der Waals surface area contributed by atoms with Crippen molar-refractivity contribution < 1.29 is 19.1 Å². The fourth-order valence-corrected chi connectivity index (χ4v) is 7.32. The summed E-state index contributed by atoms with van der Waals surface area (Å²) in [6.07, 6.45) is 3.64. The summed E-state index contributed by atoms with van der Waals surface area (Å²) in [5.74, 6) is 0.192. The van der Waals surface area contributed by atoms with Crippen LogP contribution in [0.2, 0.25) is 0 Å². The average Bonchev–Trinajstić information content (AvgIpc) is 3.49. The second-order valence-corrected chi connectivity index (χ2v) is 11.9. The monoisotopic (exact) mass is 724 g/mol. The van der Waals surface area contributed by atoms with Crippen molar-refractivity contribution in [3.05, 3.63) is 77.8 Å². The number of halogens is 2. The van der Waals surface area contributed by atoms with Crippen LogP contribution in [0.15, 0.2) is 59.5 Å². The maximum absolute atomic E-state index is 12.9. The van der Waals surface area contributed by atoms with E-state index in [9.17, 15) is 14.4 Å². The van der Waals surface area contributed by atoms with E-state index in [1.807, 2.05) is 30.3 Å². The molecule has 0 unspecified atom stereocenters. The van der Waals surface area contributed by atoms with Crippen molar-refractivity contribution in [1.82, 2.24) is 9.80 Å². The molecule has 184 valence electrons. The van der Waals surface area contributed by atoms with Gasteiger partial charge in [-0.3, -0.25) is 19.3 Å². The Kier molecular flexibility index (Phi) is 7.87. The van der Waals surface area contributed by atoms with Gasteiger partial charge in [0.1, 0.15) is 18.9 Å². The Hall–Kier alpha value is -2.12. The van der Waals surface area contributed by atoms with Gasteiger partial charge in [0.2, 0.25) is 5.91 Å². The molecule has 9 heteroatoms. The van der Waals surface area contributed by atoms with E-state index in [4.69, 9.17) is 4.74 Å². The lowest BCUT2D eigenvalue weighted by atomic mass is 10.1. The highest BCUT2D eigenvalue weighted by Crippen LogP contribution is 2.35. The van der Waals surface area contributed by atoms with Crippen molar-refractivity contribution in [2.75, 3.05) is 19.6 Å². The van der Waals surface area contributed by atoms with Gasteiger partial charge in [-0.1, -0.05) is 42.5 Å². The molecule has 3 aromatic carbocycles. The van der Waals surface area contributed by atoms with Crippen LogP contribution in [0.4, 0.5) is 4.79 Å². The van der Waals surface area contributed by atoms with Crippen LogP contribution < -0.4 is 4.74 Å². The van der Waals surface area contributed by atoms with E-state index in [2.05, 4.69) is 69.4 Å². The summed E-state index contributed by atoms with van der Waals surface area (Å²) in [6, 6.07) is 18.3. The second kappa shape index (κ2) is 11.1. The standard InChI is InChI=1S/C27H22I2N2O4S/c28-21-12-17(14-23-26(33)31(27(34)36-23)15-24(32)30-10-3-4-11-30)13-22(29)25(21)35-16-19-8-5-7-18-6-1-2-9-20(18)19/h1-2,5-9,12-14H,3-4,10-11,15-16H2/b23-14+. The Labute approximate surface area is 240 Å². The van der Waals surface area contributed by atoms with E-state index in [1.54, 1.807) is 11.0 Å². The smallest absolute Gasteiger partial charge is 0.294 e. The molecule has 0 aliphatic carbocycles. The summed E-state index contributed by atoms with van der Waals surface area (Å²) in [5, 5.41) is 1.94. The number of hydrogen-bond acceptors (Lipinski definition) is 5. The molecule has 2 heterocycles. The minimum atomic E-state index is -0.418. The molecule has 0 bridgehead atoms. The summed E-state index contributed by atoms with van der Waals surface area (Å²) in [6.45, 7) is 1.63. The molecule has 2 aliphatic rings. The Morgan fingerprint density at radius 2 is 1.69 bits per heavy atom. The van der Waals surface area contributed by atoms with Crippen LogP contribution in [0, 0.1) is 7.14 Å². The van der Waals surface area contributed by atoms with Gasteiger partial charge < -0.3 is 9.64 Å². The first-order chi connectivity index (χ1) is 17.4. The number of nitrogens with zero attached hydrogens (tertiary/aromatic N) is 2. The lowest BCUT2D eigenvalue weighted by Crippen LogP contribution is -2.40. The van der Waals surface area contributed by atoms with E-state index in [-0.39, 0.29) is 12.5 Å². The van der Waals surface area contributed by atoms with E-state index in [0.717, 1.165) is 53.5 Å². The zero-order chi connectivity index (χ0) is 25.2. The quantitative estimate of drug-likeness (QED) is 0.221. The molecule has 2 fully saturated rings. The van der Waals surface area contributed by atoms with Gasteiger partial charge in [0.05, 0.1) is 12.0 Å². The van der Waals surface area contributed by atoms with E-state index in [0.29, 0.717) is 24.6 Å². The normalized spacial score (nSPS) is 17.0. The molecule has 36 heavy (non-hydrogen) atoms. The second-order valence-electron chi connectivity index (χ2n) is 8.60. The largest absolute Gasteiger partial charge is 0.487 e. The summed E-state index contributed by atoms with van der Waals surface area (Å²) >= 11 is 5.34. The number of benzene rings is 3. The predicted molar refractivity (Wildman–Crippen MR) is 159 cm³/mol. The van der Waals surface area contributed by atoms with E-state index < -0.39 is 11.1 Å². The Balaban J connectivity index is 1.30. The van der Waals surface area contributed by atoms with Crippen LogP contribution in [0.1, 0.15) is 24.0 Å². The van der Waals surface area contributed by atoms with Gasteiger partial charge in [0, 0.05) is 13.1 Å². The zero-order valence-electron chi connectivity index (χ0n) is 19.2. The number of likely N-dealkylation sites (tertiary alicyclic amines) is 1. The van der Waals surface area contributed by atoms with Gasteiger partial charge in [-0.25, -0.2) is 0 Å². The lowest BCUT2D eigenvalue weighted by Gasteiger charge is -2.18. The van der Waals surface area contributed by atoms with Gasteiger partial charge in [-0.15, -0.1) is 0 Å². The van der Waals surface area contributed by atoms with Crippen LogP contribution in [0.3, 0.4) is 0 Å². The number of carbonyl (C=O) groups excluding carboxylic acids is 3. The number of rotatable bonds is 6. The number of ether oxygens (including phenoxy) is 1. The number of amides is 3. The van der Waals surface area contributed by atoms with E-state index in [1.165, 1.54) is 10.8 Å². The third-order valence-electron chi connectivity index (χ3n) is 6.20. The molecule has 3 aromatic rings. The number of carbonyl (C=O) groups is 3. The minimum Gasteiger partial charge on any atom is -0.487 e. The molecule has 3 amide bonds. The summed E-state index contributed by atoms with van der Waals surface area (Å²) in [4.78, 5) is 40.9. The fraction of sp³-hybridized carbons (Fsp3) is 0.222. The molecule has 0 radical (unpaired) electrons. The van der Waals surface area contributed by atoms with Crippen LogP contribution in [-0.2, 0) is 16.2 Å². The first-order valence-corrected chi connectivity index (χ1v) is 14.5. The number of hydrogen-bond donors (Lipinski definition) is 0. The van der Waals surface area contributed by atoms with Crippen LogP contribution in [-0.4, -0.2) is 46.5 Å². The number of fused-ring (bicyclic) bond motifs is 1. The van der Waals surface area contributed by atoms with Crippen LogP contribution in [0.25, 0.3) is 16.8 Å². The van der Waals surface area contributed by atoms with Crippen molar-refractivity contribution in [2.45, 2.75) is 19.4 Å². The van der Waals surface area contributed by atoms with E-state index >= 15 is 0 Å². The van der Waals surface area contributed by atoms with Crippen molar-refractivity contribution in [1.29, 1.82) is 0 Å². The topological polar surface area (TPSA) is 66.9 Å². The highest BCUT2D eigenvalue weighted by atomic mass is 127. The Bertz CT molecular complexity index is 1370. The summed E-state index contributed by atoms with van der Waals surface area (Å²) in [5.41, 5.74) is 1.92. The van der Waals surface area contributed by atoms with Gasteiger partial charge in [-0.2, -0.15) is 0 Å². The molecule has 2 saturated heterocycles. The molecule has 0 saturated carbocycles. The zero-order valence-corrected chi connectivity index (χ0v) is 24.3. The lowest BCUT2D eigenvalue weighted by molar-refractivity contribution is -0.135. The third kappa shape index (κ3) is 5.42. The SMILES string of the molecule is O=C(CN1C(=O)S/C(=C/c2cc(I)c(OCc3cccc4ccccc34)c(I)c2)C1=O)N1CCCC1. The van der Waals surface area contributed by atoms with Crippen molar-refractivity contribution in [3.63, 3.8) is 0 Å². The maximum atomic E-state index is 12.9. The molecule has 5 rings (SSSR count). The molecule has 2 aliphatic heterocycles. The van der Waals surface area contributed by atoms with Gasteiger partial charge in [-0.05, 0) is 110 Å². The number of imide groups is 1.